The molecule has 0 amide bonds. The number of nitrogens with zero attached hydrogens (tertiary/aromatic N) is 1. The summed E-state index contributed by atoms with van der Waals surface area (Å²) in [5.41, 5.74) is 4.73. The minimum Gasteiger partial charge on any atom is -0.478 e. The van der Waals surface area contributed by atoms with Crippen molar-refractivity contribution in [3.63, 3.8) is 0 Å². The van der Waals surface area contributed by atoms with Crippen LogP contribution in [0.5, 0.6) is 5.75 Å². The molecule has 150 valence electrons. The van der Waals surface area contributed by atoms with Gasteiger partial charge in [-0.05, 0) is 35.7 Å². The van der Waals surface area contributed by atoms with Gasteiger partial charge in [0.25, 0.3) is 0 Å². The van der Waals surface area contributed by atoms with Crippen LogP contribution in [0.15, 0.2) is 88.1 Å². The van der Waals surface area contributed by atoms with Gasteiger partial charge in [0.2, 0.25) is 0 Å². The van der Waals surface area contributed by atoms with E-state index in [1.807, 2.05) is 31.2 Å². The first-order chi connectivity index (χ1) is 14.7. The number of hydrogen-bond donors (Lipinski definition) is 0. The molecule has 0 saturated heterocycles. The van der Waals surface area contributed by atoms with E-state index in [4.69, 9.17) is 9.15 Å². The summed E-state index contributed by atoms with van der Waals surface area (Å²) in [6.07, 6.45) is 0. The maximum absolute atomic E-state index is 12.0. The van der Waals surface area contributed by atoms with Gasteiger partial charge in [0.1, 0.15) is 18.1 Å². The van der Waals surface area contributed by atoms with Crippen LogP contribution in [0.1, 0.15) is 28.2 Å². The summed E-state index contributed by atoms with van der Waals surface area (Å²) in [6, 6.07) is 26.6. The second-order valence-corrected chi connectivity index (χ2v) is 7.83. The molecule has 4 nitrogen and oxygen atoms in total. The molecule has 2 heterocycles. The SMILES string of the molecule is Cc1cc(=O)oc2c3c(ccc12)OCN(CC(c1ccccc1)c1ccccc1)C3. The Morgan fingerprint density at radius 1 is 0.933 bits per heavy atom. The minimum atomic E-state index is -0.322. The molecule has 0 spiro atoms. The predicted molar refractivity (Wildman–Crippen MR) is 118 cm³/mol. The van der Waals surface area contributed by atoms with Crippen molar-refractivity contribution >= 4 is 11.0 Å². The summed E-state index contributed by atoms with van der Waals surface area (Å²) in [5.74, 6) is 1.02. The van der Waals surface area contributed by atoms with Gasteiger partial charge in [0, 0.05) is 30.5 Å². The zero-order valence-corrected chi connectivity index (χ0v) is 16.9. The van der Waals surface area contributed by atoms with E-state index in [2.05, 4.69) is 53.4 Å². The highest BCUT2D eigenvalue weighted by atomic mass is 16.5. The van der Waals surface area contributed by atoms with Crippen molar-refractivity contribution in [3.8, 4) is 5.75 Å². The van der Waals surface area contributed by atoms with Crippen LogP contribution in [0.2, 0.25) is 0 Å². The maximum Gasteiger partial charge on any atom is 0.336 e. The molecule has 1 aromatic heterocycles. The van der Waals surface area contributed by atoms with Crippen molar-refractivity contribution in [2.45, 2.75) is 19.4 Å². The first-order valence-electron chi connectivity index (χ1n) is 10.2. The lowest BCUT2D eigenvalue weighted by molar-refractivity contribution is 0.0926. The fraction of sp³-hybridized carbons (Fsp3) is 0.192. The number of aryl methyl sites for hydroxylation is 1. The summed E-state index contributed by atoms with van der Waals surface area (Å²) in [5, 5.41) is 0.960. The Hall–Kier alpha value is -3.37. The Morgan fingerprint density at radius 3 is 2.27 bits per heavy atom. The van der Waals surface area contributed by atoms with E-state index in [9.17, 15) is 4.79 Å². The van der Waals surface area contributed by atoms with Crippen LogP contribution in [0.3, 0.4) is 0 Å². The van der Waals surface area contributed by atoms with E-state index in [0.717, 1.165) is 28.8 Å². The number of rotatable bonds is 4. The fourth-order valence-corrected chi connectivity index (χ4v) is 4.29. The van der Waals surface area contributed by atoms with E-state index < -0.39 is 0 Å². The Morgan fingerprint density at radius 2 is 1.60 bits per heavy atom. The van der Waals surface area contributed by atoms with E-state index in [0.29, 0.717) is 18.9 Å². The fourth-order valence-electron chi connectivity index (χ4n) is 4.29. The largest absolute Gasteiger partial charge is 0.478 e. The van der Waals surface area contributed by atoms with E-state index in [1.54, 1.807) is 0 Å². The molecule has 0 unspecified atom stereocenters. The van der Waals surface area contributed by atoms with E-state index >= 15 is 0 Å². The molecule has 30 heavy (non-hydrogen) atoms. The second-order valence-electron chi connectivity index (χ2n) is 7.83. The molecule has 0 saturated carbocycles. The van der Waals surface area contributed by atoms with E-state index in [-0.39, 0.29) is 11.5 Å². The summed E-state index contributed by atoms with van der Waals surface area (Å²) in [7, 11) is 0. The zero-order chi connectivity index (χ0) is 20.5. The lowest BCUT2D eigenvalue weighted by Gasteiger charge is -2.32. The third-order valence-corrected chi connectivity index (χ3v) is 5.81. The maximum atomic E-state index is 12.0. The van der Waals surface area contributed by atoms with Crippen molar-refractivity contribution in [1.82, 2.24) is 4.90 Å². The van der Waals surface area contributed by atoms with Crippen LogP contribution < -0.4 is 10.4 Å². The number of ether oxygens (including phenoxy) is 1. The molecule has 0 aliphatic carbocycles. The average molecular weight is 397 g/mol. The Kier molecular flexibility index (Phi) is 4.85. The van der Waals surface area contributed by atoms with Crippen molar-refractivity contribution in [2.75, 3.05) is 13.3 Å². The van der Waals surface area contributed by atoms with Gasteiger partial charge in [0.15, 0.2) is 0 Å². The normalized spacial score (nSPS) is 13.9. The zero-order valence-electron chi connectivity index (χ0n) is 16.9. The molecular weight excluding hydrogens is 374 g/mol. The van der Waals surface area contributed by atoms with Gasteiger partial charge in [-0.25, -0.2) is 4.79 Å². The van der Waals surface area contributed by atoms with Crippen molar-refractivity contribution in [3.05, 3.63) is 112 Å². The highest BCUT2D eigenvalue weighted by Crippen LogP contribution is 2.34. The lowest BCUT2D eigenvalue weighted by atomic mass is 9.90. The summed E-state index contributed by atoms with van der Waals surface area (Å²) >= 11 is 0. The van der Waals surface area contributed by atoms with Gasteiger partial charge >= 0.3 is 5.63 Å². The Bertz CT molecular complexity index is 1190. The number of fused-ring (bicyclic) bond motifs is 3. The van der Waals surface area contributed by atoms with Gasteiger partial charge in [-0.3, -0.25) is 4.90 Å². The van der Waals surface area contributed by atoms with Crippen molar-refractivity contribution in [2.24, 2.45) is 0 Å². The molecule has 5 rings (SSSR count). The van der Waals surface area contributed by atoms with Crippen LogP contribution in [-0.4, -0.2) is 18.2 Å². The van der Waals surface area contributed by atoms with Gasteiger partial charge in [0.05, 0.1) is 5.56 Å². The average Bonchev–Trinajstić information content (AvgIpc) is 2.78. The van der Waals surface area contributed by atoms with Gasteiger partial charge in [-0.15, -0.1) is 0 Å². The topological polar surface area (TPSA) is 42.7 Å². The van der Waals surface area contributed by atoms with E-state index in [1.165, 1.54) is 17.2 Å². The van der Waals surface area contributed by atoms with Crippen LogP contribution >= 0.6 is 0 Å². The van der Waals surface area contributed by atoms with Crippen LogP contribution in [-0.2, 0) is 6.54 Å². The molecule has 0 atom stereocenters. The molecule has 3 aromatic carbocycles. The van der Waals surface area contributed by atoms with Crippen LogP contribution in [0, 0.1) is 6.92 Å². The molecule has 0 bridgehead atoms. The van der Waals surface area contributed by atoms with Gasteiger partial charge in [-0.2, -0.15) is 0 Å². The number of hydrogen-bond acceptors (Lipinski definition) is 4. The van der Waals surface area contributed by atoms with Crippen LogP contribution in [0.4, 0.5) is 0 Å². The van der Waals surface area contributed by atoms with Gasteiger partial charge < -0.3 is 9.15 Å². The third-order valence-electron chi connectivity index (χ3n) is 5.81. The molecule has 0 radical (unpaired) electrons. The quantitative estimate of drug-likeness (QED) is 0.450. The molecule has 0 N–H and O–H groups in total. The monoisotopic (exact) mass is 397 g/mol. The minimum absolute atomic E-state index is 0.223. The Labute approximate surface area is 175 Å². The number of benzene rings is 3. The highest BCUT2D eigenvalue weighted by Gasteiger charge is 2.25. The summed E-state index contributed by atoms with van der Waals surface area (Å²) in [6.45, 7) is 3.92. The molecule has 1 aliphatic rings. The van der Waals surface area contributed by atoms with Gasteiger partial charge in [-0.1, -0.05) is 60.7 Å². The first-order valence-corrected chi connectivity index (χ1v) is 10.2. The van der Waals surface area contributed by atoms with Crippen LogP contribution in [0.25, 0.3) is 11.0 Å². The van der Waals surface area contributed by atoms with Crippen molar-refractivity contribution in [1.29, 1.82) is 0 Å². The standard InChI is InChI=1S/C26H23NO3/c1-18-14-25(28)30-26-21(18)12-13-24-23(26)16-27(17-29-24)15-22(19-8-4-2-5-9-19)20-10-6-3-7-11-20/h2-14,22H,15-17H2,1H3. The lowest BCUT2D eigenvalue weighted by Crippen LogP contribution is -2.35. The summed E-state index contributed by atoms with van der Waals surface area (Å²) in [4.78, 5) is 14.3. The molecule has 4 aromatic rings. The second kappa shape index (κ2) is 7.81. The predicted octanol–water partition coefficient (Wildman–Crippen LogP) is 5.09. The molecule has 0 fully saturated rings. The summed E-state index contributed by atoms with van der Waals surface area (Å²) < 4.78 is 11.7. The van der Waals surface area contributed by atoms with Crippen molar-refractivity contribution < 1.29 is 9.15 Å². The molecule has 4 heteroatoms. The molecule has 1 aliphatic heterocycles. The smallest absolute Gasteiger partial charge is 0.336 e. The first kappa shape index (κ1) is 18.6. The Balaban J connectivity index is 1.50. The third kappa shape index (κ3) is 3.51. The highest BCUT2D eigenvalue weighted by molar-refractivity contribution is 5.85. The molecular formula is C26H23NO3.